The van der Waals surface area contributed by atoms with Crippen LogP contribution in [0.3, 0.4) is 0 Å². The molecule has 0 bridgehead atoms. The summed E-state index contributed by atoms with van der Waals surface area (Å²) in [6.45, 7) is 3.73. The first kappa shape index (κ1) is 23.8. The monoisotopic (exact) mass is 473 g/mol. The van der Waals surface area contributed by atoms with Gasteiger partial charge in [-0.05, 0) is 42.3 Å². The summed E-state index contributed by atoms with van der Waals surface area (Å²) in [6, 6.07) is 14.9. The van der Waals surface area contributed by atoms with Gasteiger partial charge >= 0.3 is 0 Å². The highest BCUT2D eigenvalue weighted by Gasteiger charge is 2.30. The normalized spacial score (nSPS) is 13.4. The van der Waals surface area contributed by atoms with Crippen molar-refractivity contribution in [3.8, 4) is 10.6 Å². The molecule has 2 atom stereocenters. The summed E-state index contributed by atoms with van der Waals surface area (Å²) in [5.41, 5.74) is 1.95. The number of amides is 1. The zero-order chi connectivity index (χ0) is 23.3. The number of carbonyl (C=O) groups excluding carboxylic acids is 1. The highest BCUT2D eigenvalue weighted by molar-refractivity contribution is 7.89. The molecule has 0 aliphatic heterocycles. The second-order valence-electron chi connectivity index (χ2n) is 7.64. The van der Waals surface area contributed by atoms with Crippen LogP contribution >= 0.6 is 11.3 Å². The van der Waals surface area contributed by atoms with Gasteiger partial charge in [-0.15, -0.1) is 10.2 Å². The Morgan fingerprint density at radius 3 is 2.31 bits per heavy atom. The lowest BCUT2D eigenvalue weighted by Gasteiger charge is -2.22. The van der Waals surface area contributed by atoms with Crippen LogP contribution in [0.15, 0.2) is 59.5 Å². The molecule has 0 saturated carbocycles. The van der Waals surface area contributed by atoms with Crippen LogP contribution < -0.4 is 14.9 Å². The maximum absolute atomic E-state index is 13.0. The van der Waals surface area contributed by atoms with Crippen LogP contribution in [0.25, 0.3) is 10.6 Å². The lowest BCUT2D eigenvalue weighted by molar-refractivity contribution is -0.118. The summed E-state index contributed by atoms with van der Waals surface area (Å²) in [4.78, 5) is 15.1. The van der Waals surface area contributed by atoms with Gasteiger partial charge in [0.15, 0.2) is 0 Å². The number of hydrogen-bond donors (Lipinski definition) is 2. The van der Waals surface area contributed by atoms with E-state index in [1.54, 1.807) is 18.2 Å². The summed E-state index contributed by atoms with van der Waals surface area (Å²) >= 11 is 1.23. The van der Waals surface area contributed by atoms with Crippen LogP contribution in [0.1, 0.15) is 20.3 Å². The van der Waals surface area contributed by atoms with Crippen molar-refractivity contribution >= 4 is 38.1 Å². The summed E-state index contributed by atoms with van der Waals surface area (Å²) in [6.07, 6.45) is 0.620. The highest BCUT2D eigenvalue weighted by atomic mass is 32.2. The van der Waals surface area contributed by atoms with Crippen LogP contribution in [0, 0.1) is 5.92 Å². The molecule has 0 spiro atoms. The first-order valence-corrected chi connectivity index (χ1v) is 12.5. The van der Waals surface area contributed by atoms with Gasteiger partial charge in [-0.2, -0.15) is 4.72 Å². The van der Waals surface area contributed by atoms with Gasteiger partial charge in [0.2, 0.25) is 21.1 Å². The van der Waals surface area contributed by atoms with E-state index in [1.807, 2.05) is 57.1 Å². The lowest BCUT2D eigenvalue weighted by atomic mass is 9.99. The fourth-order valence-corrected chi connectivity index (χ4v) is 5.05. The van der Waals surface area contributed by atoms with Gasteiger partial charge < -0.3 is 4.90 Å². The molecule has 3 aromatic rings. The molecular formula is C22H27N5O3S2. The maximum Gasteiger partial charge on any atom is 0.244 e. The molecule has 2 N–H and O–H groups in total. The number of nitrogens with one attached hydrogen (secondary N) is 2. The Morgan fingerprint density at radius 2 is 1.72 bits per heavy atom. The Bertz CT molecular complexity index is 1150. The molecule has 170 valence electrons. The van der Waals surface area contributed by atoms with Crippen LogP contribution in [-0.4, -0.2) is 44.7 Å². The molecule has 10 heteroatoms. The minimum absolute atomic E-state index is 0.112. The Morgan fingerprint density at radius 1 is 1.06 bits per heavy atom. The van der Waals surface area contributed by atoms with Crippen molar-refractivity contribution in [2.45, 2.75) is 31.2 Å². The average molecular weight is 474 g/mol. The molecule has 0 aliphatic rings. The van der Waals surface area contributed by atoms with Gasteiger partial charge in [-0.1, -0.05) is 49.8 Å². The molecule has 1 aromatic heterocycles. The van der Waals surface area contributed by atoms with E-state index in [9.17, 15) is 13.2 Å². The number of benzene rings is 2. The second-order valence-corrected chi connectivity index (χ2v) is 10.3. The molecule has 2 unspecified atom stereocenters. The van der Waals surface area contributed by atoms with Gasteiger partial charge in [-0.25, -0.2) is 8.42 Å². The number of rotatable bonds is 9. The summed E-state index contributed by atoms with van der Waals surface area (Å²) in [5, 5.41) is 11.9. The van der Waals surface area contributed by atoms with Crippen molar-refractivity contribution in [2.75, 3.05) is 24.3 Å². The third-order valence-corrected chi connectivity index (χ3v) is 7.46. The summed E-state index contributed by atoms with van der Waals surface area (Å²) in [7, 11) is 0.0829. The van der Waals surface area contributed by atoms with Crippen molar-refractivity contribution in [1.82, 2.24) is 14.9 Å². The van der Waals surface area contributed by atoms with E-state index in [-0.39, 0.29) is 10.8 Å². The van der Waals surface area contributed by atoms with E-state index < -0.39 is 22.0 Å². The quantitative estimate of drug-likeness (QED) is 0.492. The summed E-state index contributed by atoms with van der Waals surface area (Å²) in [5.74, 6) is -0.691. The molecule has 32 heavy (non-hydrogen) atoms. The zero-order valence-corrected chi connectivity index (χ0v) is 20.1. The number of anilines is 2. The molecule has 1 heterocycles. The Hall–Kier alpha value is -2.82. The molecule has 0 aliphatic carbocycles. The summed E-state index contributed by atoms with van der Waals surface area (Å²) < 4.78 is 28.1. The molecular weight excluding hydrogens is 446 g/mol. The van der Waals surface area contributed by atoms with E-state index >= 15 is 0 Å². The average Bonchev–Trinajstić information content (AvgIpc) is 3.26. The maximum atomic E-state index is 13.0. The fraction of sp³-hybridized carbons (Fsp3) is 0.318. The number of hydrogen-bond acceptors (Lipinski definition) is 7. The van der Waals surface area contributed by atoms with E-state index in [2.05, 4.69) is 20.2 Å². The van der Waals surface area contributed by atoms with E-state index in [4.69, 9.17) is 0 Å². The second kappa shape index (κ2) is 10.2. The Balaban J connectivity index is 1.76. The molecule has 3 rings (SSSR count). The van der Waals surface area contributed by atoms with Crippen molar-refractivity contribution < 1.29 is 13.2 Å². The van der Waals surface area contributed by atoms with Gasteiger partial charge in [0, 0.05) is 25.3 Å². The van der Waals surface area contributed by atoms with Crippen LogP contribution in [0.5, 0.6) is 0 Å². The predicted molar refractivity (Wildman–Crippen MR) is 128 cm³/mol. The van der Waals surface area contributed by atoms with Gasteiger partial charge in [0.25, 0.3) is 0 Å². The molecule has 8 nitrogen and oxygen atoms in total. The van der Waals surface area contributed by atoms with Crippen molar-refractivity contribution in [2.24, 2.45) is 5.92 Å². The van der Waals surface area contributed by atoms with Crippen molar-refractivity contribution in [1.29, 1.82) is 0 Å². The highest BCUT2D eigenvalue weighted by Crippen LogP contribution is 2.28. The topological polar surface area (TPSA) is 104 Å². The van der Waals surface area contributed by atoms with E-state index in [0.29, 0.717) is 16.6 Å². The SMILES string of the molecule is CCC(C)C(NS(=O)(=O)c1ccccc1)C(=O)Nc1nnc(-c2ccc(N(C)C)cc2)s1. The number of carbonyl (C=O) groups is 1. The van der Waals surface area contributed by atoms with E-state index in [1.165, 1.54) is 23.5 Å². The molecule has 0 fully saturated rings. The first-order chi connectivity index (χ1) is 15.2. The lowest BCUT2D eigenvalue weighted by Crippen LogP contribution is -2.47. The third kappa shape index (κ3) is 5.70. The van der Waals surface area contributed by atoms with Gasteiger partial charge in [0.05, 0.1) is 4.90 Å². The minimum Gasteiger partial charge on any atom is -0.378 e. The Kier molecular flexibility index (Phi) is 7.60. The van der Waals surface area contributed by atoms with Gasteiger partial charge in [0.1, 0.15) is 11.0 Å². The fourth-order valence-electron chi connectivity index (χ4n) is 2.97. The number of nitrogens with zero attached hydrogens (tertiary/aromatic N) is 3. The van der Waals surface area contributed by atoms with Crippen LogP contribution in [0.4, 0.5) is 10.8 Å². The van der Waals surface area contributed by atoms with Crippen LogP contribution in [-0.2, 0) is 14.8 Å². The number of aromatic nitrogens is 2. The van der Waals surface area contributed by atoms with Crippen LogP contribution in [0.2, 0.25) is 0 Å². The molecule has 0 saturated heterocycles. The third-order valence-electron chi connectivity index (χ3n) is 5.12. The molecule has 1 amide bonds. The molecule has 2 aromatic carbocycles. The van der Waals surface area contributed by atoms with Gasteiger partial charge in [-0.3, -0.25) is 10.1 Å². The zero-order valence-electron chi connectivity index (χ0n) is 18.4. The molecule has 0 radical (unpaired) electrons. The standard InChI is InChI=1S/C22H27N5O3S2/c1-5-15(2)19(26-32(29,30)18-9-7-6-8-10-18)20(28)23-22-25-24-21(31-22)16-11-13-17(14-12-16)27(3)4/h6-15,19,26H,5H2,1-4H3,(H,23,25,28). The number of sulfonamides is 1. The Labute approximate surface area is 192 Å². The predicted octanol–water partition coefficient (Wildman–Crippen LogP) is 3.60. The van der Waals surface area contributed by atoms with Crippen molar-refractivity contribution in [3.63, 3.8) is 0 Å². The minimum atomic E-state index is -3.85. The van der Waals surface area contributed by atoms with Crippen molar-refractivity contribution in [3.05, 3.63) is 54.6 Å². The van der Waals surface area contributed by atoms with E-state index in [0.717, 1.165) is 11.3 Å². The first-order valence-electron chi connectivity index (χ1n) is 10.2. The smallest absolute Gasteiger partial charge is 0.244 e. The largest absolute Gasteiger partial charge is 0.378 e.